The monoisotopic (exact) mass is 327 g/mol. The Morgan fingerprint density at radius 3 is 3.04 bits per heavy atom. The Morgan fingerprint density at radius 2 is 2.25 bits per heavy atom. The minimum absolute atomic E-state index is 0.0242. The molecule has 1 aliphatic rings. The van der Waals surface area contributed by atoms with E-state index < -0.39 is 5.97 Å². The maximum Gasteiger partial charge on any atom is 0.343 e. The van der Waals surface area contributed by atoms with Crippen molar-refractivity contribution >= 4 is 11.8 Å². The molecule has 0 saturated carbocycles. The molecule has 3 rings (SSSR count). The number of fused-ring (bicyclic) bond motifs is 1. The smallest absolute Gasteiger partial charge is 0.343 e. The number of nitrogens with one attached hydrogen (secondary N) is 1. The fourth-order valence-electron chi connectivity index (χ4n) is 2.77. The summed E-state index contributed by atoms with van der Waals surface area (Å²) in [6.07, 6.45) is 2.31. The Labute approximate surface area is 141 Å². The molecule has 0 bridgehead atoms. The lowest BCUT2D eigenvalue weighted by Gasteiger charge is -2.28. The van der Waals surface area contributed by atoms with Crippen molar-refractivity contribution in [2.24, 2.45) is 0 Å². The predicted octanol–water partition coefficient (Wildman–Crippen LogP) is 3.21. The number of anilines is 1. The van der Waals surface area contributed by atoms with Crippen molar-refractivity contribution in [1.82, 2.24) is 9.97 Å². The van der Waals surface area contributed by atoms with E-state index in [2.05, 4.69) is 21.4 Å². The molecule has 0 fully saturated rings. The Balaban J connectivity index is 1.93. The number of aromatic nitrogens is 2. The topological polar surface area (TPSA) is 73.3 Å². The van der Waals surface area contributed by atoms with E-state index in [0.29, 0.717) is 30.4 Å². The van der Waals surface area contributed by atoms with Gasteiger partial charge in [-0.2, -0.15) is 0 Å². The van der Waals surface area contributed by atoms with E-state index in [-0.39, 0.29) is 6.04 Å². The highest BCUT2D eigenvalue weighted by atomic mass is 16.5. The second kappa shape index (κ2) is 6.86. The third-order valence-electron chi connectivity index (χ3n) is 3.92. The van der Waals surface area contributed by atoms with Gasteiger partial charge < -0.3 is 14.8 Å². The fourth-order valence-corrected chi connectivity index (χ4v) is 2.77. The SMILES string of the molecule is CCOC(=O)c1cnc(C)nc1NC1CCOc2ccc(C)cc21. The summed E-state index contributed by atoms with van der Waals surface area (Å²) in [7, 11) is 0. The van der Waals surface area contributed by atoms with E-state index in [4.69, 9.17) is 9.47 Å². The van der Waals surface area contributed by atoms with Gasteiger partial charge in [0.05, 0.1) is 19.3 Å². The van der Waals surface area contributed by atoms with Gasteiger partial charge >= 0.3 is 5.97 Å². The number of nitrogens with zero attached hydrogens (tertiary/aromatic N) is 2. The molecule has 0 aliphatic carbocycles. The zero-order chi connectivity index (χ0) is 17.1. The molecule has 1 N–H and O–H groups in total. The first-order valence-electron chi connectivity index (χ1n) is 8.09. The average molecular weight is 327 g/mol. The van der Waals surface area contributed by atoms with E-state index in [1.807, 2.05) is 19.1 Å². The molecule has 1 aliphatic heterocycles. The van der Waals surface area contributed by atoms with Crippen LogP contribution in [0.25, 0.3) is 0 Å². The Kier molecular flexibility index (Phi) is 4.64. The number of carbonyl (C=O) groups is 1. The molecule has 1 atom stereocenters. The third kappa shape index (κ3) is 3.32. The van der Waals surface area contributed by atoms with Crippen LogP contribution < -0.4 is 10.1 Å². The summed E-state index contributed by atoms with van der Waals surface area (Å²) in [5, 5.41) is 3.38. The zero-order valence-corrected chi connectivity index (χ0v) is 14.1. The van der Waals surface area contributed by atoms with Crippen LogP contribution in [0.15, 0.2) is 24.4 Å². The largest absolute Gasteiger partial charge is 0.493 e. The standard InChI is InChI=1S/C18H21N3O3/c1-4-23-18(22)14-10-19-12(3)20-17(14)21-15-7-8-24-16-6-5-11(2)9-13(15)16/h5-6,9-10,15H,4,7-8H2,1-3H3,(H,19,20,21). The summed E-state index contributed by atoms with van der Waals surface area (Å²) in [4.78, 5) is 20.7. The van der Waals surface area contributed by atoms with Gasteiger partial charge in [0.2, 0.25) is 0 Å². The van der Waals surface area contributed by atoms with Gasteiger partial charge in [0.15, 0.2) is 0 Å². The van der Waals surface area contributed by atoms with Gasteiger partial charge in [-0.05, 0) is 26.8 Å². The molecular formula is C18H21N3O3. The molecule has 0 amide bonds. The van der Waals surface area contributed by atoms with Gasteiger partial charge in [-0.25, -0.2) is 14.8 Å². The van der Waals surface area contributed by atoms with Gasteiger partial charge in [-0.1, -0.05) is 17.7 Å². The second-order valence-electron chi connectivity index (χ2n) is 5.78. The average Bonchev–Trinajstić information content (AvgIpc) is 2.56. The van der Waals surface area contributed by atoms with Crippen molar-refractivity contribution in [2.45, 2.75) is 33.2 Å². The number of rotatable bonds is 4. The first kappa shape index (κ1) is 16.2. The quantitative estimate of drug-likeness (QED) is 0.869. The number of hydrogen-bond acceptors (Lipinski definition) is 6. The molecule has 0 spiro atoms. The van der Waals surface area contributed by atoms with Crippen LogP contribution >= 0.6 is 0 Å². The minimum Gasteiger partial charge on any atom is -0.493 e. The lowest BCUT2D eigenvalue weighted by Crippen LogP contribution is -2.23. The molecular weight excluding hydrogens is 306 g/mol. The zero-order valence-electron chi connectivity index (χ0n) is 14.1. The number of hydrogen-bond donors (Lipinski definition) is 1. The number of ether oxygens (including phenoxy) is 2. The molecule has 24 heavy (non-hydrogen) atoms. The fraction of sp³-hybridized carbons (Fsp3) is 0.389. The maximum absolute atomic E-state index is 12.2. The van der Waals surface area contributed by atoms with Crippen molar-refractivity contribution in [1.29, 1.82) is 0 Å². The maximum atomic E-state index is 12.2. The Morgan fingerprint density at radius 1 is 1.42 bits per heavy atom. The number of benzene rings is 1. The van der Waals surface area contributed by atoms with E-state index in [0.717, 1.165) is 23.3 Å². The number of carbonyl (C=O) groups excluding carboxylic acids is 1. The lowest BCUT2D eigenvalue weighted by atomic mass is 9.98. The summed E-state index contributed by atoms with van der Waals surface area (Å²) < 4.78 is 10.8. The summed E-state index contributed by atoms with van der Waals surface area (Å²) in [5.74, 6) is 1.55. The van der Waals surface area contributed by atoms with Crippen LogP contribution in [0, 0.1) is 13.8 Å². The van der Waals surface area contributed by atoms with Crippen LogP contribution in [0.1, 0.15) is 46.7 Å². The summed E-state index contributed by atoms with van der Waals surface area (Å²) >= 11 is 0. The van der Waals surface area contributed by atoms with Crippen molar-refractivity contribution in [3.63, 3.8) is 0 Å². The van der Waals surface area contributed by atoms with Gasteiger partial charge in [-0.3, -0.25) is 0 Å². The van der Waals surface area contributed by atoms with Gasteiger partial charge in [-0.15, -0.1) is 0 Å². The highest BCUT2D eigenvalue weighted by Gasteiger charge is 2.24. The van der Waals surface area contributed by atoms with Crippen LogP contribution in [0.4, 0.5) is 5.82 Å². The van der Waals surface area contributed by atoms with Crippen LogP contribution in [0.2, 0.25) is 0 Å². The second-order valence-corrected chi connectivity index (χ2v) is 5.78. The molecule has 0 saturated heterocycles. The van der Waals surface area contributed by atoms with Crippen LogP contribution in [-0.2, 0) is 4.74 Å². The first-order valence-corrected chi connectivity index (χ1v) is 8.09. The molecule has 6 heteroatoms. The molecule has 126 valence electrons. The van der Waals surface area contributed by atoms with Crippen LogP contribution in [0.3, 0.4) is 0 Å². The minimum atomic E-state index is -0.420. The third-order valence-corrected chi connectivity index (χ3v) is 3.92. The molecule has 6 nitrogen and oxygen atoms in total. The highest BCUT2D eigenvalue weighted by Crippen LogP contribution is 2.35. The first-order chi connectivity index (χ1) is 11.6. The summed E-state index contributed by atoms with van der Waals surface area (Å²) in [6.45, 7) is 6.54. The van der Waals surface area contributed by atoms with Crippen LogP contribution in [-0.4, -0.2) is 29.2 Å². The van der Waals surface area contributed by atoms with Gasteiger partial charge in [0, 0.05) is 18.2 Å². The van der Waals surface area contributed by atoms with E-state index in [1.54, 1.807) is 13.8 Å². The molecule has 1 aromatic heterocycles. The lowest BCUT2D eigenvalue weighted by molar-refractivity contribution is 0.0526. The van der Waals surface area contributed by atoms with Crippen molar-refractivity contribution in [2.75, 3.05) is 18.5 Å². The predicted molar refractivity (Wildman–Crippen MR) is 90.4 cm³/mol. The van der Waals surface area contributed by atoms with Crippen molar-refractivity contribution in [3.8, 4) is 5.75 Å². The normalized spacial score (nSPS) is 16.0. The molecule has 1 unspecified atom stereocenters. The molecule has 1 aromatic carbocycles. The molecule has 2 heterocycles. The van der Waals surface area contributed by atoms with Crippen molar-refractivity contribution in [3.05, 3.63) is 46.9 Å². The summed E-state index contributed by atoms with van der Waals surface area (Å²) in [6, 6.07) is 6.14. The van der Waals surface area contributed by atoms with E-state index >= 15 is 0 Å². The molecule has 2 aromatic rings. The Hall–Kier alpha value is -2.63. The van der Waals surface area contributed by atoms with E-state index in [1.165, 1.54) is 6.20 Å². The van der Waals surface area contributed by atoms with Crippen LogP contribution in [0.5, 0.6) is 5.75 Å². The summed E-state index contributed by atoms with van der Waals surface area (Å²) in [5.41, 5.74) is 2.59. The van der Waals surface area contributed by atoms with Gasteiger partial charge in [0.25, 0.3) is 0 Å². The van der Waals surface area contributed by atoms with E-state index in [9.17, 15) is 4.79 Å². The van der Waals surface area contributed by atoms with Crippen molar-refractivity contribution < 1.29 is 14.3 Å². The highest BCUT2D eigenvalue weighted by molar-refractivity contribution is 5.94. The number of aryl methyl sites for hydroxylation is 2. The number of esters is 1. The Bertz CT molecular complexity index is 761. The van der Waals surface area contributed by atoms with Gasteiger partial charge in [0.1, 0.15) is 23.0 Å². The molecule has 0 radical (unpaired) electrons.